The summed E-state index contributed by atoms with van der Waals surface area (Å²) in [6.45, 7) is 8.15. The normalized spacial score (nSPS) is 21.3. The van der Waals surface area contributed by atoms with Crippen LogP contribution < -0.4 is 0 Å². The molecule has 2 aliphatic carbocycles. The first-order chi connectivity index (χ1) is 19.2. The van der Waals surface area contributed by atoms with Gasteiger partial charge in [-0.25, -0.2) is 9.38 Å². The van der Waals surface area contributed by atoms with E-state index in [1.54, 1.807) is 6.08 Å². The lowest BCUT2D eigenvalue weighted by atomic mass is 9.78. The van der Waals surface area contributed by atoms with E-state index in [4.69, 9.17) is 14.6 Å². The molecule has 0 fully saturated rings. The van der Waals surface area contributed by atoms with Gasteiger partial charge in [-0.15, -0.1) is 0 Å². The van der Waals surface area contributed by atoms with Gasteiger partial charge in [-0.05, 0) is 72.6 Å². The quantitative estimate of drug-likeness (QED) is 0.306. The number of aromatic nitrogens is 2. The Morgan fingerprint density at radius 2 is 1.95 bits per heavy atom. The van der Waals surface area contributed by atoms with Crippen molar-refractivity contribution in [3.63, 3.8) is 0 Å². The lowest BCUT2D eigenvalue weighted by molar-refractivity contribution is -0.137. The van der Waals surface area contributed by atoms with E-state index in [1.807, 2.05) is 68.5 Å². The Hall–Kier alpha value is -4.09. The van der Waals surface area contributed by atoms with Gasteiger partial charge in [-0.2, -0.15) is 4.98 Å². The summed E-state index contributed by atoms with van der Waals surface area (Å²) in [5.74, 6) is 3.43. The second-order valence-electron chi connectivity index (χ2n) is 10.6. The van der Waals surface area contributed by atoms with Crippen molar-refractivity contribution < 1.29 is 18.8 Å². The fourth-order valence-electron chi connectivity index (χ4n) is 4.96. The van der Waals surface area contributed by atoms with Crippen molar-refractivity contribution in [2.75, 3.05) is 0 Å². The number of aliphatic carboxylic acids is 1. The zero-order valence-corrected chi connectivity index (χ0v) is 23.5. The maximum atomic E-state index is 14.3. The number of carbonyl (C=O) groups is 1. The Kier molecular flexibility index (Phi) is 9.62. The number of carboxylic acid groups (broad SMARTS) is 1. The van der Waals surface area contributed by atoms with Crippen LogP contribution in [0.1, 0.15) is 77.1 Å². The van der Waals surface area contributed by atoms with Gasteiger partial charge in [0.1, 0.15) is 11.5 Å². The second kappa shape index (κ2) is 13.3. The lowest BCUT2D eigenvalue weighted by Gasteiger charge is -2.27. The largest absolute Gasteiger partial charge is 0.481 e. The molecule has 208 valence electrons. The van der Waals surface area contributed by atoms with Crippen LogP contribution in [-0.4, -0.2) is 27.1 Å². The summed E-state index contributed by atoms with van der Waals surface area (Å²) in [5.41, 5.74) is 5.13. The SMILES string of the molecule is C/C(=C(\N=C=CCCC1=C(F)CC(C)C=C1)c1nc(C2=CC=C(CCC(=O)O)C(C)C2C)no1)c1ccccc1. The zero-order valence-electron chi connectivity index (χ0n) is 23.5. The van der Waals surface area contributed by atoms with E-state index in [0.29, 0.717) is 37.2 Å². The van der Waals surface area contributed by atoms with Crippen LogP contribution in [0.25, 0.3) is 16.8 Å². The molecule has 1 N–H and O–H groups in total. The van der Waals surface area contributed by atoms with Crippen molar-refractivity contribution in [1.29, 1.82) is 0 Å². The average Bonchev–Trinajstić information content (AvgIpc) is 3.42. The van der Waals surface area contributed by atoms with Crippen LogP contribution in [-0.2, 0) is 4.79 Å². The molecule has 0 saturated carbocycles. The molecule has 0 saturated heterocycles. The molecule has 3 atom stereocenters. The number of hydrogen-bond donors (Lipinski definition) is 1. The maximum absolute atomic E-state index is 14.3. The second-order valence-corrected chi connectivity index (χ2v) is 10.6. The molecule has 0 aliphatic heterocycles. The highest BCUT2D eigenvalue weighted by Crippen LogP contribution is 2.38. The molecule has 0 radical (unpaired) electrons. The van der Waals surface area contributed by atoms with Gasteiger partial charge in [0.25, 0.3) is 5.89 Å². The zero-order chi connectivity index (χ0) is 28.6. The Balaban J connectivity index is 1.59. The number of benzene rings is 1. The van der Waals surface area contributed by atoms with E-state index < -0.39 is 5.97 Å². The molecule has 0 amide bonds. The van der Waals surface area contributed by atoms with Gasteiger partial charge in [-0.1, -0.05) is 86.1 Å². The summed E-state index contributed by atoms with van der Waals surface area (Å²) >= 11 is 0. The van der Waals surface area contributed by atoms with E-state index >= 15 is 0 Å². The summed E-state index contributed by atoms with van der Waals surface area (Å²) in [5, 5.41) is 13.3. The summed E-state index contributed by atoms with van der Waals surface area (Å²) in [6, 6.07) is 9.86. The number of nitrogens with zero attached hydrogens (tertiary/aromatic N) is 3. The van der Waals surface area contributed by atoms with E-state index in [9.17, 15) is 9.18 Å². The average molecular weight is 542 g/mol. The summed E-state index contributed by atoms with van der Waals surface area (Å²) in [6.07, 6.45) is 12.0. The first-order valence-electron chi connectivity index (χ1n) is 13.8. The minimum Gasteiger partial charge on any atom is -0.481 e. The molecule has 7 heteroatoms. The monoisotopic (exact) mass is 541 g/mol. The highest BCUT2D eigenvalue weighted by atomic mass is 19.1. The van der Waals surface area contributed by atoms with Gasteiger partial charge < -0.3 is 9.63 Å². The Morgan fingerprint density at radius 3 is 2.67 bits per heavy atom. The van der Waals surface area contributed by atoms with Gasteiger partial charge in [0.05, 0.1) is 0 Å². The summed E-state index contributed by atoms with van der Waals surface area (Å²) < 4.78 is 20.0. The van der Waals surface area contributed by atoms with Gasteiger partial charge in [-0.3, -0.25) is 4.79 Å². The molecule has 1 aromatic heterocycles. The molecule has 1 aromatic carbocycles. The van der Waals surface area contributed by atoms with E-state index in [2.05, 4.69) is 29.9 Å². The number of allylic oxidation sites excluding steroid dienone is 10. The van der Waals surface area contributed by atoms with Crippen molar-refractivity contribution in [1.82, 2.24) is 10.1 Å². The minimum atomic E-state index is -0.800. The van der Waals surface area contributed by atoms with Gasteiger partial charge in [0.15, 0.2) is 5.82 Å². The van der Waals surface area contributed by atoms with Crippen LogP contribution in [0.5, 0.6) is 0 Å². The first-order valence-corrected chi connectivity index (χ1v) is 13.8. The van der Waals surface area contributed by atoms with Crippen LogP contribution >= 0.6 is 0 Å². The Morgan fingerprint density at radius 1 is 1.18 bits per heavy atom. The molecule has 0 spiro atoms. The number of halogens is 1. The van der Waals surface area contributed by atoms with Crippen LogP contribution in [0.2, 0.25) is 0 Å². The molecular formula is C33H36FN3O3. The molecule has 0 bridgehead atoms. The van der Waals surface area contributed by atoms with E-state index in [1.165, 1.54) is 0 Å². The predicted molar refractivity (Wildman–Crippen MR) is 157 cm³/mol. The highest BCUT2D eigenvalue weighted by Gasteiger charge is 2.28. The fourth-order valence-corrected chi connectivity index (χ4v) is 4.96. The number of carboxylic acids is 1. The summed E-state index contributed by atoms with van der Waals surface area (Å²) in [4.78, 5) is 20.3. The predicted octanol–water partition coefficient (Wildman–Crippen LogP) is 8.24. The first kappa shape index (κ1) is 28.9. The molecule has 2 aliphatic rings. The third kappa shape index (κ3) is 7.10. The topological polar surface area (TPSA) is 88.6 Å². The minimum absolute atomic E-state index is 0.0383. The fraction of sp³-hybridized carbons (Fsp3) is 0.364. The third-order valence-corrected chi connectivity index (χ3v) is 7.68. The van der Waals surface area contributed by atoms with Crippen molar-refractivity contribution in [2.24, 2.45) is 22.7 Å². The van der Waals surface area contributed by atoms with Gasteiger partial charge in [0, 0.05) is 18.4 Å². The molecule has 1 heterocycles. The van der Waals surface area contributed by atoms with Crippen LogP contribution in [0.15, 0.2) is 87.2 Å². The van der Waals surface area contributed by atoms with Crippen molar-refractivity contribution in [2.45, 2.75) is 59.8 Å². The van der Waals surface area contributed by atoms with Crippen molar-refractivity contribution in [3.8, 4) is 0 Å². The molecule has 40 heavy (non-hydrogen) atoms. The molecular weight excluding hydrogens is 505 g/mol. The molecule has 3 unspecified atom stereocenters. The Bertz CT molecular complexity index is 1450. The number of aliphatic imine (C=N–C) groups is 1. The van der Waals surface area contributed by atoms with Crippen molar-refractivity contribution >= 4 is 28.7 Å². The number of hydrogen-bond acceptors (Lipinski definition) is 5. The van der Waals surface area contributed by atoms with Gasteiger partial charge in [0.2, 0.25) is 0 Å². The third-order valence-electron chi connectivity index (χ3n) is 7.68. The van der Waals surface area contributed by atoms with Crippen LogP contribution in [0, 0.1) is 17.8 Å². The lowest BCUT2D eigenvalue weighted by Crippen LogP contribution is -2.17. The van der Waals surface area contributed by atoms with Crippen LogP contribution in [0.3, 0.4) is 0 Å². The summed E-state index contributed by atoms with van der Waals surface area (Å²) in [7, 11) is 0. The molecule has 4 rings (SSSR count). The maximum Gasteiger partial charge on any atom is 0.303 e. The van der Waals surface area contributed by atoms with E-state index in [0.717, 1.165) is 27.9 Å². The Labute approximate surface area is 235 Å². The van der Waals surface area contributed by atoms with Crippen molar-refractivity contribution in [3.05, 3.63) is 95.0 Å². The van der Waals surface area contributed by atoms with Gasteiger partial charge >= 0.3 is 5.97 Å². The number of rotatable bonds is 10. The highest BCUT2D eigenvalue weighted by molar-refractivity contribution is 5.89. The standard InChI is InChI=1S/C33H36FN3O3/c1-21-13-14-27(29(34)20-21)12-8-9-19-35-31(24(4)25-10-6-5-7-11-25)33-36-32(37-40-33)28-17-15-26(16-18-30(38)39)22(2)23(28)3/h5-7,9-11,13-15,17,21-23H,8,12,16,18,20H2,1-4H3,(H,38,39)/b31-24+. The van der Waals surface area contributed by atoms with Crippen LogP contribution in [0.4, 0.5) is 4.39 Å². The smallest absolute Gasteiger partial charge is 0.303 e. The molecule has 6 nitrogen and oxygen atoms in total. The van der Waals surface area contributed by atoms with E-state index in [-0.39, 0.29) is 35.9 Å². The molecule has 2 aromatic rings.